The zero-order chi connectivity index (χ0) is 16.3. The quantitative estimate of drug-likeness (QED) is 0.836. The van der Waals surface area contributed by atoms with E-state index in [4.69, 9.17) is 5.73 Å². The fourth-order valence-corrected chi connectivity index (χ4v) is 2.60. The zero-order valence-electron chi connectivity index (χ0n) is 11.5. The first kappa shape index (κ1) is 17.7. The van der Waals surface area contributed by atoms with E-state index in [1.54, 1.807) is 13.8 Å². The normalized spacial score (nSPS) is 14.2. The fourth-order valence-electron chi connectivity index (χ4n) is 1.40. The fraction of sp³-hybridized carbons (Fsp3) is 0.500. The van der Waals surface area contributed by atoms with Gasteiger partial charge < -0.3 is 10.5 Å². The summed E-state index contributed by atoms with van der Waals surface area (Å²) < 4.78 is 66.8. The maximum absolute atomic E-state index is 12.3. The summed E-state index contributed by atoms with van der Waals surface area (Å²) in [6, 6.07) is 4.07. The van der Waals surface area contributed by atoms with Crippen molar-refractivity contribution in [2.24, 2.45) is 11.7 Å². The lowest BCUT2D eigenvalue weighted by molar-refractivity contribution is -0.275. The lowest BCUT2D eigenvalue weighted by Crippen LogP contribution is -2.40. The van der Waals surface area contributed by atoms with Crippen LogP contribution in [0.3, 0.4) is 0 Å². The van der Waals surface area contributed by atoms with Crippen LogP contribution >= 0.6 is 0 Å². The second-order valence-corrected chi connectivity index (χ2v) is 6.49. The molecule has 0 fully saturated rings. The van der Waals surface area contributed by atoms with E-state index in [2.05, 4.69) is 9.46 Å². The lowest BCUT2D eigenvalue weighted by atomic mass is 10.1. The number of halogens is 3. The number of nitrogens with one attached hydrogen (secondary N) is 1. The van der Waals surface area contributed by atoms with E-state index in [0.29, 0.717) is 0 Å². The minimum atomic E-state index is -4.97. The van der Waals surface area contributed by atoms with Crippen LogP contribution in [0.15, 0.2) is 29.2 Å². The van der Waals surface area contributed by atoms with Gasteiger partial charge in [-0.1, -0.05) is 26.0 Å². The third-order valence-corrected chi connectivity index (χ3v) is 4.19. The summed E-state index contributed by atoms with van der Waals surface area (Å²) >= 11 is 0. The number of alkyl halides is 3. The molecule has 1 unspecified atom stereocenters. The van der Waals surface area contributed by atoms with Crippen molar-refractivity contribution in [3.8, 4) is 5.75 Å². The monoisotopic (exact) mass is 326 g/mol. The van der Waals surface area contributed by atoms with E-state index in [-0.39, 0.29) is 12.5 Å². The van der Waals surface area contributed by atoms with Gasteiger partial charge in [-0.25, -0.2) is 13.1 Å². The van der Waals surface area contributed by atoms with Gasteiger partial charge in [0.15, 0.2) is 0 Å². The Bertz CT molecular complexity index is 573. The van der Waals surface area contributed by atoms with Gasteiger partial charge in [0.1, 0.15) is 10.6 Å². The molecule has 0 saturated heterocycles. The number of benzene rings is 1. The van der Waals surface area contributed by atoms with Gasteiger partial charge in [0.05, 0.1) is 0 Å². The molecule has 1 aromatic carbocycles. The largest absolute Gasteiger partial charge is 0.573 e. The third kappa shape index (κ3) is 5.52. The van der Waals surface area contributed by atoms with Gasteiger partial charge in [-0.05, 0) is 18.1 Å². The van der Waals surface area contributed by atoms with Gasteiger partial charge in [-0.3, -0.25) is 0 Å². The Labute approximate surface area is 121 Å². The molecule has 5 nitrogen and oxygen atoms in total. The molecule has 0 aromatic heterocycles. The van der Waals surface area contributed by atoms with Crippen LogP contribution in [0.25, 0.3) is 0 Å². The van der Waals surface area contributed by atoms with Gasteiger partial charge in [-0.15, -0.1) is 13.2 Å². The Kier molecular flexibility index (Phi) is 5.60. The summed E-state index contributed by atoms with van der Waals surface area (Å²) in [5.74, 6) is -0.759. The molecule has 1 atom stereocenters. The number of nitrogens with two attached hydrogens (primary N) is 1. The van der Waals surface area contributed by atoms with Gasteiger partial charge >= 0.3 is 6.36 Å². The molecule has 0 aliphatic carbocycles. The standard InChI is InChI=1S/C12H17F3N2O3S/c1-8(2)9(16)7-17-21(18,19)11-6-4-3-5-10(11)20-12(13,14)15/h3-6,8-9,17H,7,16H2,1-2H3. The summed E-state index contributed by atoms with van der Waals surface area (Å²) in [5, 5.41) is 0. The molecule has 1 rings (SSSR count). The lowest BCUT2D eigenvalue weighted by Gasteiger charge is -2.17. The van der Waals surface area contributed by atoms with Crippen molar-refractivity contribution in [3.63, 3.8) is 0 Å². The molecule has 1 aromatic rings. The molecule has 9 heteroatoms. The molecular weight excluding hydrogens is 309 g/mol. The smallest absolute Gasteiger partial charge is 0.404 e. The maximum Gasteiger partial charge on any atom is 0.573 e. The molecule has 0 heterocycles. The number of para-hydroxylation sites is 1. The highest BCUT2D eigenvalue weighted by Crippen LogP contribution is 2.29. The first-order valence-corrected chi connectivity index (χ1v) is 7.61. The average molecular weight is 326 g/mol. The molecule has 21 heavy (non-hydrogen) atoms. The molecular formula is C12H17F3N2O3S. The molecule has 0 saturated carbocycles. The van der Waals surface area contributed by atoms with E-state index in [9.17, 15) is 21.6 Å². The van der Waals surface area contributed by atoms with E-state index >= 15 is 0 Å². The molecule has 3 N–H and O–H groups in total. The van der Waals surface area contributed by atoms with Crippen molar-refractivity contribution in [3.05, 3.63) is 24.3 Å². The number of hydrogen-bond donors (Lipinski definition) is 2. The van der Waals surface area contributed by atoms with Gasteiger partial charge in [0.2, 0.25) is 10.0 Å². The van der Waals surface area contributed by atoms with E-state index in [1.807, 2.05) is 0 Å². The van der Waals surface area contributed by atoms with Crippen LogP contribution in [-0.4, -0.2) is 27.4 Å². The van der Waals surface area contributed by atoms with Crippen LogP contribution in [0.1, 0.15) is 13.8 Å². The summed E-state index contributed by atoms with van der Waals surface area (Å²) in [4.78, 5) is -0.585. The Balaban J connectivity index is 2.98. The molecule has 0 radical (unpaired) electrons. The van der Waals surface area contributed by atoms with Crippen LogP contribution in [0, 0.1) is 5.92 Å². The Morgan fingerprint density at radius 1 is 1.29 bits per heavy atom. The molecule has 0 aliphatic rings. The van der Waals surface area contributed by atoms with Crippen LogP contribution in [-0.2, 0) is 10.0 Å². The first-order valence-electron chi connectivity index (χ1n) is 6.13. The van der Waals surface area contributed by atoms with Crippen molar-refractivity contribution in [1.29, 1.82) is 0 Å². The molecule has 0 amide bonds. The van der Waals surface area contributed by atoms with E-state index in [0.717, 1.165) is 12.1 Å². The van der Waals surface area contributed by atoms with Crippen LogP contribution in [0.2, 0.25) is 0 Å². The second kappa shape index (κ2) is 6.63. The predicted molar refractivity (Wildman–Crippen MR) is 71.1 cm³/mol. The highest BCUT2D eigenvalue weighted by molar-refractivity contribution is 7.89. The number of ether oxygens (including phenoxy) is 1. The molecule has 0 bridgehead atoms. The number of rotatable bonds is 6. The SMILES string of the molecule is CC(C)C(N)CNS(=O)(=O)c1ccccc1OC(F)(F)F. The summed E-state index contributed by atoms with van der Waals surface area (Å²) in [6.07, 6.45) is -4.97. The van der Waals surface area contributed by atoms with Gasteiger partial charge in [0, 0.05) is 12.6 Å². The van der Waals surface area contributed by atoms with Gasteiger partial charge in [0.25, 0.3) is 0 Å². The first-order chi connectivity index (χ1) is 9.53. The Hall–Kier alpha value is -1.32. The predicted octanol–water partition coefficient (Wildman–Crippen LogP) is 1.85. The molecule has 0 spiro atoms. The Morgan fingerprint density at radius 2 is 1.86 bits per heavy atom. The topological polar surface area (TPSA) is 81.4 Å². The van der Waals surface area contributed by atoms with Crippen LogP contribution < -0.4 is 15.2 Å². The molecule has 0 aliphatic heterocycles. The van der Waals surface area contributed by atoms with Crippen molar-refractivity contribution >= 4 is 10.0 Å². The van der Waals surface area contributed by atoms with Crippen molar-refractivity contribution in [1.82, 2.24) is 4.72 Å². The zero-order valence-corrected chi connectivity index (χ0v) is 12.3. The maximum atomic E-state index is 12.3. The summed E-state index contributed by atoms with van der Waals surface area (Å²) in [5.41, 5.74) is 5.70. The van der Waals surface area contributed by atoms with Crippen molar-refractivity contribution in [2.45, 2.75) is 31.1 Å². The van der Waals surface area contributed by atoms with E-state index in [1.165, 1.54) is 12.1 Å². The summed E-state index contributed by atoms with van der Waals surface area (Å²) in [7, 11) is -4.15. The Morgan fingerprint density at radius 3 is 2.38 bits per heavy atom. The third-order valence-electron chi connectivity index (χ3n) is 2.73. The van der Waals surface area contributed by atoms with Crippen molar-refractivity contribution < 1.29 is 26.3 Å². The van der Waals surface area contributed by atoms with Crippen LogP contribution in [0.5, 0.6) is 5.75 Å². The number of hydrogen-bond acceptors (Lipinski definition) is 4. The molecule has 120 valence electrons. The van der Waals surface area contributed by atoms with Gasteiger partial charge in [-0.2, -0.15) is 0 Å². The van der Waals surface area contributed by atoms with Crippen molar-refractivity contribution in [2.75, 3.05) is 6.54 Å². The average Bonchev–Trinajstić information content (AvgIpc) is 2.34. The van der Waals surface area contributed by atoms with Crippen LogP contribution in [0.4, 0.5) is 13.2 Å². The minimum Gasteiger partial charge on any atom is -0.404 e. The van der Waals surface area contributed by atoms with E-state index < -0.39 is 33.1 Å². The highest BCUT2D eigenvalue weighted by atomic mass is 32.2. The highest BCUT2D eigenvalue weighted by Gasteiger charge is 2.34. The summed E-state index contributed by atoms with van der Waals surface area (Å²) in [6.45, 7) is 3.53. The number of sulfonamides is 1. The minimum absolute atomic E-state index is 0.0226. The second-order valence-electron chi connectivity index (χ2n) is 4.75.